The zero-order chi connectivity index (χ0) is 13.9. The van der Waals surface area contributed by atoms with Gasteiger partial charge in [0.1, 0.15) is 5.60 Å². The van der Waals surface area contributed by atoms with Crippen LogP contribution in [0.5, 0.6) is 0 Å². The third-order valence-electron chi connectivity index (χ3n) is 4.83. The van der Waals surface area contributed by atoms with Gasteiger partial charge >= 0.3 is 5.97 Å². The molecule has 2 unspecified atom stereocenters. The predicted octanol–water partition coefficient (Wildman–Crippen LogP) is 0.799. The summed E-state index contributed by atoms with van der Waals surface area (Å²) in [5, 5.41) is 2.34. The monoisotopic (exact) mass is 269 g/mol. The van der Waals surface area contributed by atoms with E-state index in [1.165, 1.54) is 0 Å². The minimum Gasteiger partial charge on any atom is -0.459 e. The van der Waals surface area contributed by atoms with E-state index in [9.17, 15) is 4.79 Å². The molecule has 2 fully saturated rings. The maximum absolute atomic E-state index is 12.3. The van der Waals surface area contributed by atoms with E-state index < -0.39 is 0 Å². The van der Waals surface area contributed by atoms with Gasteiger partial charge in [-0.3, -0.25) is 4.79 Å². The van der Waals surface area contributed by atoms with Gasteiger partial charge in [0.25, 0.3) is 0 Å². The van der Waals surface area contributed by atoms with Crippen LogP contribution in [0.3, 0.4) is 0 Å². The number of carbonyl (C=O) groups excluding carboxylic acids is 1. The molecule has 0 aromatic heterocycles. The lowest BCUT2D eigenvalue weighted by atomic mass is 9.82. The van der Waals surface area contributed by atoms with E-state index in [2.05, 4.69) is 19.2 Å². The SMILES string of the molecule is CC(C)(OC(=O)C1CCCC(N)C1)C1CC[NH2+]CC1. The average molecular weight is 269 g/mol. The van der Waals surface area contributed by atoms with Gasteiger partial charge in [0.2, 0.25) is 0 Å². The first-order valence-corrected chi connectivity index (χ1v) is 7.79. The third-order valence-corrected chi connectivity index (χ3v) is 4.83. The Morgan fingerprint density at radius 2 is 1.89 bits per heavy atom. The summed E-state index contributed by atoms with van der Waals surface area (Å²) in [6, 6.07) is 0.179. The highest BCUT2D eigenvalue weighted by molar-refractivity contribution is 5.73. The first kappa shape index (κ1) is 14.8. The number of hydrogen-bond donors (Lipinski definition) is 2. The summed E-state index contributed by atoms with van der Waals surface area (Å²) < 4.78 is 5.86. The van der Waals surface area contributed by atoms with Gasteiger partial charge in [-0.05, 0) is 33.1 Å². The lowest BCUT2D eigenvalue weighted by Gasteiger charge is -2.37. The van der Waals surface area contributed by atoms with E-state index in [4.69, 9.17) is 10.5 Å². The quantitative estimate of drug-likeness (QED) is 0.745. The molecule has 110 valence electrons. The lowest BCUT2D eigenvalue weighted by molar-refractivity contribution is -0.665. The standard InChI is InChI=1S/C15H28N2O2/c1-15(2,12-6-8-17-9-7-12)19-14(18)11-4-3-5-13(16)10-11/h11-13,17H,3-10,16H2,1-2H3/p+1. The van der Waals surface area contributed by atoms with Gasteiger partial charge < -0.3 is 15.8 Å². The number of rotatable bonds is 3. The molecule has 0 radical (unpaired) electrons. The molecule has 2 atom stereocenters. The van der Waals surface area contributed by atoms with Crippen LogP contribution >= 0.6 is 0 Å². The van der Waals surface area contributed by atoms with E-state index in [0.717, 1.165) is 51.6 Å². The number of nitrogens with two attached hydrogens (primary N) is 2. The minimum absolute atomic E-state index is 0.0188. The molecule has 19 heavy (non-hydrogen) atoms. The molecular weight excluding hydrogens is 240 g/mol. The molecule has 0 aromatic carbocycles. The summed E-state index contributed by atoms with van der Waals surface area (Å²) in [5.41, 5.74) is 5.63. The summed E-state index contributed by atoms with van der Waals surface area (Å²) in [5.74, 6) is 0.506. The van der Waals surface area contributed by atoms with Crippen molar-refractivity contribution in [2.24, 2.45) is 17.6 Å². The molecular formula is C15H29N2O2+. The van der Waals surface area contributed by atoms with Gasteiger partial charge in [-0.2, -0.15) is 0 Å². The minimum atomic E-state index is -0.327. The lowest BCUT2D eigenvalue weighted by Crippen LogP contribution is -2.86. The van der Waals surface area contributed by atoms with Gasteiger partial charge in [-0.25, -0.2) is 0 Å². The Hall–Kier alpha value is -0.610. The number of hydrogen-bond acceptors (Lipinski definition) is 3. The maximum atomic E-state index is 12.3. The second-order valence-electron chi connectivity index (χ2n) is 6.79. The summed E-state index contributed by atoms with van der Waals surface area (Å²) in [6.07, 6.45) is 6.13. The molecule has 1 heterocycles. The first-order chi connectivity index (χ1) is 8.99. The van der Waals surface area contributed by atoms with Crippen molar-refractivity contribution in [3.05, 3.63) is 0 Å². The second kappa shape index (κ2) is 6.23. The van der Waals surface area contributed by atoms with Crippen molar-refractivity contribution in [1.29, 1.82) is 0 Å². The molecule has 2 aliphatic rings. The van der Waals surface area contributed by atoms with Crippen LogP contribution in [0.4, 0.5) is 0 Å². The van der Waals surface area contributed by atoms with Gasteiger partial charge in [0, 0.05) is 24.8 Å². The van der Waals surface area contributed by atoms with Crippen LogP contribution in [0.15, 0.2) is 0 Å². The first-order valence-electron chi connectivity index (χ1n) is 7.79. The summed E-state index contributed by atoms with van der Waals surface area (Å²) >= 11 is 0. The van der Waals surface area contributed by atoms with E-state index in [-0.39, 0.29) is 23.5 Å². The zero-order valence-electron chi connectivity index (χ0n) is 12.4. The van der Waals surface area contributed by atoms with E-state index in [1.807, 2.05) is 0 Å². The number of piperidine rings is 1. The highest BCUT2D eigenvalue weighted by atomic mass is 16.6. The van der Waals surface area contributed by atoms with Crippen LogP contribution < -0.4 is 11.1 Å². The Labute approximate surface area is 116 Å². The van der Waals surface area contributed by atoms with Crippen LogP contribution in [0.2, 0.25) is 0 Å². The normalized spacial score (nSPS) is 30.1. The fourth-order valence-corrected chi connectivity index (χ4v) is 3.49. The fourth-order valence-electron chi connectivity index (χ4n) is 3.49. The van der Waals surface area contributed by atoms with E-state index >= 15 is 0 Å². The largest absolute Gasteiger partial charge is 0.459 e. The van der Waals surface area contributed by atoms with Crippen molar-refractivity contribution in [2.75, 3.05) is 13.1 Å². The Bertz CT molecular complexity index is 311. The smallest absolute Gasteiger partial charge is 0.309 e. The maximum Gasteiger partial charge on any atom is 0.309 e. The molecule has 1 aliphatic heterocycles. The zero-order valence-corrected chi connectivity index (χ0v) is 12.4. The van der Waals surface area contributed by atoms with Crippen molar-refractivity contribution in [3.63, 3.8) is 0 Å². The molecule has 0 spiro atoms. The second-order valence-corrected chi connectivity index (χ2v) is 6.79. The molecule has 0 aromatic rings. The molecule has 1 aliphatic carbocycles. The van der Waals surface area contributed by atoms with Crippen LogP contribution in [0.25, 0.3) is 0 Å². The fraction of sp³-hybridized carbons (Fsp3) is 0.933. The van der Waals surface area contributed by atoms with Crippen molar-refractivity contribution in [3.8, 4) is 0 Å². The molecule has 1 saturated carbocycles. The number of esters is 1. The topological polar surface area (TPSA) is 68.9 Å². The molecule has 2 rings (SSSR count). The highest BCUT2D eigenvalue weighted by Crippen LogP contribution is 2.31. The average Bonchev–Trinajstić information content (AvgIpc) is 2.39. The van der Waals surface area contributed by atoms with Gasteiger partial charge in [0.05, 0.1) is 19.0 Å². The molecule has 4 nitrogen and oxygen atoms in total. The number of ether oxygens (including phenoxy) is 1. The number of carbonyl (C=O) groups is 1. The van der Waals surface area contributed by atoms with Crippen LogP contribution in [0, 0.1) is 11.8 Å². The summed E-state index contributed by atoms with van der Waals surface area (Å²) in [7, 11) is 0. The molecule has 0 bridgehead atoms. The molecule has 1 saturated heterocycles. The predicted molar refractivity (Wildman–Crippen MR) is 74.5 cm³/mol. The summed E-state index contributed by atoms with van der Waals surface area (Å²) in [4.78, 5) is 12.3. The highest BCUT2D eigenvalue weighted by Gasteiger charge is 2.37. The van der Waals surface area contributed by atoms with Crippen molar-refractivity contribution in [1.82, 2.24) is 0 Å². The van der Waals surface area contributed by atoms with Gasteiger partial charge in [-0.15, -0.1) is 0 Å². The van der Waals surface area contributed by atoms with Gasteiger partial charge in [0.15, 0.2) is 0 Å². The molecule has 4 N–H and O–H groups in total. The Morgan fingerprint density at radius 3 is 2.53 bits per heavy atom. The summed E-state index contributed by atoms with van der Waals surface area (Å²) in [6.45, 7) is 6.45. The molecule has 4 heteroatoms. The van der Waals surface area contributed by atoms with Crippen LogP contribution in [-0.4, -0.2) is 30.7 Å². The van der Waals surface area contributed by atoms with Crippen LogP contribution in [0.1, 0.15) is 52.4 Å². The Kier molecular flexibility index (Phi) is 4.85. The van der Waals surface area contributed by atoms with E-state index in [1.54, 1.807) is 0 Å². The van der Waals surface area contributed by atoms with Crippen LogP contribution in [-0.2, 0) is 9.53 Å². The van der Waals surface area contributed by atoms with Crippen molar-refractivity contribution in [2.45, 2.75) is 64.0 Å². The van der Waals surface area contributed by atoms with Crippen molar-refractivity contribution < 1.29 is 14.8 Å². The Balaban J connectivity index is 1.89. The molecule has 0 amide bonds. The van der Waals surface area contributed by atoms with Gasteiger partial charge in [-0.1, -0.05) is 6.42 Å². The number of quaternary nitrogens is 1. The Morgan fingerprint density at radius 1 is 1.21 bits per heavy atom. The van der Waals surface area contributed by atoms with Crippen molar-refractivity contribution >= 4 is 5.97 Å². The van der Waals surface area contributed by atoms with E-state index in [0.29, 0.717) is 5.92 Å². The third kappa shape index (κ3) is 3.93.